The minimum atomic E-state index is 0.0211. The normalized spacial score (nSPS) is 10.2. The molecule has 0 aliphatic heterocycles. The van der Waals surface area contributed by atoms with Crippen LogP contribution in [0.3, 0.4) is 0 Å². The maximum atomic E-state index is 9.25. The molecule has 0 saturated heterocycles. The van der Waals surface area contributed by atoms with Gasteiger partial charge in [0.2, 0.25) is 5.95 Å². The lowest BCUT2D eigenvalue weighted by Crippen LogP contribution is -2.05. The van der Waals surface area contributed by atoms with E-state index in [1.807, 2.05) is 30.3 Å². The standard InChI is InChI=1S/C18H14ClN5O/c19-13-3-1-2-11(8-13)10-25-14-6-4-12(5-7-14)16-15(9-20)17(21)24-18(22)23-16/h1-8H,10H2,(H4,21,22,23,24). The molecule has 25 heavy (non-hydrogen) atoms. The van der Waals surface area contributed by atoms with E-state index in [2.05, 4.69) is 9.97 Å². The van der Waals surface area contributed by atoms with Crippen LogP contribution in [0.25, 0.3) is 11.3 Å². The van der Waals surface area contributed by atoms with Gasteiger partial charge in [0.15, 0.2) is 0 Å². The van der Waals surface area contributed by atoms with E-state index in [0.717, 1.165) is 5.56 Å². The molecule has 0 radical (unpaired) electrons. The van der Waals surface area contributed by atoms with Crippen molar-refractivity contribution in [3.05, 3.63) is 64.7 Å². The van der Waals surface area contributed by atoms with E-state index in [0.29, 0.717) is 28.6 Å². The number of nitrogens with two attached hydrogens (primary N) is 2. The lowest BCUT2D eigenvalue weighted by Gasteiger charge is -2.09. The molecule has 1 aromatic heterocycles. The molecule has 0 spiro atoms. The molecule has 1 heterocycles. The summed E-state index contributed by atoms with van der Waals surface area (Å²) in [5.41, 5.74) is 13.6. The molecule has 3 aromatic rings. The highest BCUT2D eigenvalue weighted by atomic mass is 35.5. The van der Waals surface area contributed by atoms with E-state index in [4.69, 9.17) is 27.8 Å². The van der Waals surface area contributed by atoms with E-state index < -0.39 is 0 Å². The van der Waals surface area contributed by atoms with Gasteiger partial charge in [-0.1, -0.05) is 23.7 Å². The molecule has 0 saturated carbocycles. The second-order valence-electron chi connectivity index (χ2n) is 5.25. The van der Waals surface area contributed by atoms with Crippen LogP contribution in [0.5, 0.6) is 5.75 Å². The summed E-state index contributed by atoms with van der Waals surface area (Å²) in [6, 6.07) is 16.6. The summed E-state index contributed by atoms with van der Waals surface area (Å²) >= 11 is 5.95. The molecule has 0 aliphatic carbocycles. The van der Waals surface area contributed by atoms with Crippen molar-refractivity contribution in [1.29, 1.82) is 5.26 Å². The molecule has 3 rings (SSSR count). The van der Waals surface area contributed by atoms with Crippen LogP contribution in [0, 0.1) is 11.3 Å². The molecule has 0 amide bonds. The van der Waals surface area contributed by atoms with Crippen LogP contribution in [0.2, 0.25) is 5.02 Å². The Hall–Kier alpha value is -3.30. The van der Waals surface area contributed by atoms with Crippen molar-refractivity contribution in [3.63, 3.8) is 0 Å². The lowest BCUT2D eigenvalue weighted by molar-refractivity contribution is 0.306. The van der Waals surface area contributed by atoms with Gasteiger partial charge >= 0.3 is 0 Å². The lowest BCUT2D eigenvalue weighted by atomic mass is 10.1. The van der Waals surface area contributed by atoms with E-state index in [9.17, 15) is 5.26 Å². The van der Waals surface area contributed by atoms with Crippen LogP contribution in [-0.4, -0.2) is 9.97 Å². The van der Waals surface area contributed by atoms with Crippen molar-refractivity contribution in [3.8, 4) is 23.1 Å². The number of hydrogen-bond acceptors (Lipinski definition) is 6. The smallest absolute Gasteiger partial charge is 0.222 e. The van der Waals surface area contributed by atoms with Gasteiger partial charge in [0, 0.05) is 10.6 Å². The first-order valence-electron chi connectivity index (χ1n) is 7.37. The number of benzene rings is 2. The molecule has 0 unspecified atom stereocenters. The predicted octanol–water partition coefficient (Wildman–Crippen LogP) is 3.41. The number of nitriles is 1. The number of anilines is 2. The first-order valence-corrected chi connectivity index (χ1v) is 7.75. The minimum Gasteiger partial charge on any atom is -0.489 e. The fourth-order valence-corrected chi connectivity index (χ4v) is 2.53. The van der Waals surface area contributed by atoms with Gasteiger partial charge in [-0.2, -0.15) is 10.2 Å². The summed E-state index contributed by atoms with van der Waals surface area (Å²) in [5, 5.41) is 9.92. The number of hydrogen-bond donors (Lipinski definition) is 2. The highest BCUT2D eigenvalue weighted by Gasteiger charge is 2.13. The van der Waals surface area contributed by atoms with E-state index in [1.165, 1.54) is 0 Å². The molecule has 124 valence electrons. The quantitative estimate of drug-likeness (QED) is 0.745. The summed E-state index contributed by atoms with van der Waals surface area (Å²) in [6.07, 6.45) is 0. The molecule has 0 fully saturated rings. The number of nitrogen functional groups attached to an aromatic ring is 2. The number of ether oxygens (including phenoxy) is 1. The summed E-state index contributed by atoms with van der Waals surface area (Å²) in [4.78, 5) is 7.92. The van der Waals surface area contributed by atoms with Crippen LogP contribution in [0.15, 0.2) is 48.5 Å². The molecular formula is C18H14ClN5O. The van der Waals surface area contributed by atoms with E-state index >= 15 is 0 Å². The SMILES string of the molecule is N#Cc1c(N)nc(N)nc1-c1ccc(OCc2cccc(Cl)c2)cc1. The molecule has 0 bridgehead atoms. The van der Waals surface area contributed by atoms with Crippen molar-refractivity contribution in [2.45, 2.75) is 6.61 Å². The van der Waals surface area contributed by atoms with Crippen molar-refractivity contribution >= 4 is 23.4 Å². The average Bonchev–Trinajstić information content (AvgIpc) is 2.60. The molecule has 2 aromatic carbocycles. The topological polar surface area (TPSA) is 111 Å². The van der Waals surface area contributed by atoms with Crippen LogP contribution >= 0.6 is 11.6 Å². The third-order valence-electron chi connectivity index (χ3n) is 3.49. The molecule has 0 aliphatic rings. The fraction of sp³-hybridized carbons (Fsp3) is 0.0556. The number of rotatable bonds is 4. The van der Waals surface area contributed by atoms with Gasteiger partial charge in [0.1, 0.15) is 29.8 Å². The largest absolute Gasteiger partial charge is 0.489 e. The van der Waals surface area contributed by atoms with Crippen LogP contribution in [-0.2, 0) is 6.61 Å². The summed E-state index contributed by atoms with van der Waals surface area (Å²) in [5.74, 6) is 0.760. The van der Waals surface area contributed by atoms with Crippen LogP contribution in [0.4, 0.5) is 11.8 Å². The number of nitrogens with zero attached hydrogens (tertiary/aromatic N) is 3. The molecule has 7 heteroatoms. The van der Waals surface area contributed by atoms with Crippen molar-refractivity contribution in [1.82, 2.24) is 9.97 Å². The average molecular weight is 352 g/mol. The Morgan fingerprint density at radius 2 is 1.84 bits per heavy atom. The van der Waals surface area contributed by atoms with Crippen LogP contribution < -0.4 is 16.2 Å². The maximum absolute atomic E-state index is 9.25. The van der Waals surface area contributed by atoms with Gasteiger partial charge in [-0.05, 0) is 42.0 Å². The van der Waals surface area contributed by atoms with Gasteiger partial charge in [-0.25, -0.2) is 4.98 Å². The van der Waals surface area contributed by atoms with Crippen LogP contribution in [0.1, 0.15) is 11.1 Å². The molecular weight excluding hydrogens is 338 g/mol. The highest BCUT2D eigenvalue weighted by molar-refractivity contribution is 6.30. The number of aromatic nitrogens is 2. The Labute approximate surface area is 149 Å². The van der Waals surface area contributed by atoms with E-state index in [-0.39, 0.29) is 17.3 Å². The van der Waals surface area contributed by atoms with Gasteiger partial charge in [0.25, 0.3) is 0 Å². The molecule has 4 N–H and O–H groups in total. The van der Waals surface area contributed by atoms with Gasteiger partial charge in [-0.15, -0.1) is 0 Å². The Kier molecular flexibility index (Phi) is 4.68. The van der Waals surface area contributed by atoms with Crippen molar-refractivity contribution < 1.29 is 4.74 Å². The second kappa shape index (κ2) is 7.07. The Balaban J connectivity index is 1.80. The maximum Gasteiger partial charge on any atom is 0.222 e. The summed E-state index contributed by atoms with van der Waals surface area (Å²) in [6.45, 7) is 0.400. The second-order valence-corrected chi connectivity index (χ2v) is 5.68. The minimum absolute atomic E-state index is 0.0211. The molecule has 0 atom stereocenters. The Morgan fingerprint density at radius 1 is 1.08 bits per heavy atom. The monoisotopic (exact) mass is 351 g/mol. The fourth-order valence-electron chi connectivity index (χ4n) is 2.32. The van der Waals surface area contributed by atoms with Gasteiger partial charge < -0.3 is 16.2 Å². The Morgan fingerprint density at radius 3 is 2.52 bits per heavy atom. The zero-order valence-electron chi connectivity index (χ0n) is 13.1. The highest BCUT2D eigenvalue weighted by Crippen LogP contribution is 2.27. The Bertz CT molecular complexity index is 951. The van der Waals surface area contributed by atoms with Gasteiger partial charge in [-0.3, -0.25) is 0 Å². The first kappa shape index (κ1) is 16.6. The zero-order valence-corrected chi connectivity index (χ0v) is 13.9. The third kappa shape index (κ3) is 3.79. The number of halogens is 1. The van der Waals surface area contributed by atoms with Crippen molar-refractivity contribution in [2.24, 2.45) is 0 Å². The first-order chi connectivity index (χ1) is 12.1. The summed E-state index contributed by atoms with van der Waals surface area (Å²) < 4.78 is 5.74. The van der Waals surface area contributed by atoms with E-state index in [1.54, 1.807) is 24.3 Å². The molecule has 6 nitrogen and oxygen atoms in total. The van der Waals surface area contributed by atoms with Gasteiger partial charge in [0.05, 0.1) is 5.69 Å². The third-order valence-corrected chi connectivity index (χ3v) is 3.72. The predicted molar refractivity (Wildman–Crippen MR) is 96.8 cm³/mol. The van der Waals surface area contributed by atoms with Crippen molar-refractivity contribution in [2.75, 3.05) is 11.5 Å². The zero-order chi connectivity index (χ0) is 17.8. The summed E-state index contributed by atoms with van der Waals surface area (Å²) in [7, 11) is 0.